The Kier molecular flexibility index (Phi) is 4.78. The first-order chi connectivity index (χ1) is 9.44. The van der Waals surface area contributed by atoms with Crippen molar-refractivity contribution in [2.75, 3.05) is 0 Å². The first kappa shape index (κ1) is 15.0. The average molecular weight is 335 g/mol. The Balaban J connectivity index is 2.20. The van der Waals surface area contributed by atoms with Crippen molar-refractivity contribution < 1.29 is 4.74 Å². The number of rotatable bonds is 4. The number of hydrogen-bond donors (Lipinski definition) is 1. The summed E-state index contributed by atoms with van der Waals surface area (Å²) in [5.41, 5.74) is 1.19. The molecule has 0 saturated heterocycles. The highest BCUT2D eigenvalue weighted by Crippen LogP contribution is 2.28. The minimum atomic E-state index is 0.0681. The van der Waals surface area contributed by atoms with Crippen LogP contribution in [0, 0.1) is 0 Å². The molecule has 3 nitrogen and oxygen atoms in total. The van der Waals surface area contributed by atoms with Crippen molar-refractivity contribution in [3.63, 3.8) is 0 Å². The van der Waals surface area contributed by atoms with Crippen molar-refractivity contribution >= 4 is 15.9 Å². The van der Waals surface area contributed by atoms with E-state index in [9.17, 15) is 0 Å². The maximum absolute atomic E-state index is 5.92. The van der Waals surface area contributed by atoms with E-state index in [1.807, 2.05) is 24.3 Å². The molecule has 0 aliphatic heterocycles. The van der Waals surface area contributed by atoms with Crippen LogP contribution in [0.5, 0.6) is 11.5 Å². The molecule has 0 amide bonds. The third kappa shape index (κ3) is 4.62. The highest BCUT2D eigenvalue weighted by atomic mass is 79.9. The molecule has 0 unspecified atom stereocenters. The molecule has 20 heavy (non-hydrogen) atoms. The van der Waals surface area contributed by atoms with Crippen LogP contribution in [0.25, 0.3) is 0 Å². The van der Waals surface area contributed by atoms with E-state index in [1.165, 1.54) is 0 Å². The molecule has 0 aliphatic carbocycles. The number of ether oxygens (including phenoxy) is 1. The molecule has 0 aliphatic rings. The second-order valence-corrected chi connectivity index (χ2v) is 6.56. The van der Waals surface area contributed by atoms with Crippen LogP contribution in [0.2, 0.25) is 0 Å². The fourth-order valence-electron chi connectivity index (χ4n) is 1.66. The lowest BCUT2D eigenvalue weighted by molar-refractivity contribution is 0.414. The molecule has 0 spiro atoms. The summed E-state index contributed by atoms with van der Waals surface area (Å²) in [4.78, 5) is 4.07. The molecule has 106 valence electrons. The van der Waals surface area contributed by atoms with Crippen LogP contribution in [0.3, 0.4) is 0 Å². The fraction of sp³-hybridized carbons (Fsp3) is 0.312. The van der Waals surface area contributed by atoms with E-state index in [0.717, 1.165) is 28.1 Å². The van der Waals surface area contributed by atoms with Gasteiger partial charge in [-0.05, 0) is 45.0 Å². The number of benzene rings is 1. The molecule has 1 N–H and O–H groups in total. The van der Waals surface area contributed by atoms with Gasteiger partial charge in [0.2, 0.25) is 0 Å². The first-order valence-corrected chi connectivity index (χ1v) is 7.35. The van der Waals surface area contributed by atoms with Crippen LogP contribution in [-0.2, 0) is 6.54 Å². The number of hydrogen-bond acceptors (Lipinski definition) is 3. The van der Waals surface area contributed by atoms with E-state index in [1.54, 1.807) is 12.4 Å². The number of pyridine rings is 1. The van der Waals surface area contributed by atoms with E-state index < -0.39 is 0 Å². The van der Waals surface area contributed by atoms with Crippen molar-refractivity contribution in [1.29, 1.82) is 0 Å². The summed E-state index contributed by atoms with van der Waals surface area (Å²) < 4.78 is 6.92. The quantitative estimate of drug-likeness (QED) is 0.892. The summed E-state index contributed by atoms with van der Waals surface area (Å²) >= 11 is 3.48. The summed E-state index contributed by atoms with van der Waals surface area (Å²) in [5, 5.41) is 3.47. The molecule has 1 aromatic heterocycles. The van der Waals surface area contributed by atoms with Gasteiger partial charge in [0.05, 0.1) is 6.20 Å². The van der Waals surface area contributed by atoms with Crippen molar-refractivity contribution in [3.05, 3.63) is 52.8 Å². The molecule has 2 aromatic rings. The lowest BCUT2D eigenvalue weighted by atomic mass is 10.1. The molecular formula is C16H19BrN2O. The van der Waals surface area contributed by atoms with E-state index in [-0.39, 0.29) is 5.54 Å². The maximum Gasteiger partial charge on any atom is 0.145 e. The fourth-order valence-corrected chi connectivity index (χ4v) is 2.00. The zero-order valence-electron chi connectivity index (χ0n) is 12.0. The summed E-state index contributed by atoms with van der Waals surface area (Å²) in [5.74, 6) is 1.58. The van der Waals surface area contributed by atoms with Gasteiger partial charge in [0.25, 0.3) is 0 Å². The molecule has 0 saturated carbocycles. The van der Waals surface area contributed by atoms with Crippen LogP contribution in [0.1, 0.15) is 26.3 Å². The predicted octanol–water partition coefficient (Wildman–Crippen LogP) is 4.52. The first-order valence-electron chi connectivity index (χ1n) is 6.55. The lowest BCUT2D eigenvalue weighted by Gasteiger charge is -2.21. The summed E-state index contributed by atoms with van der Waals surface area (Å²) in [7, 11) is 0. The minimum absolute atomic E-state index is 0.0681. The molecule has 0 radical (unpaired) electrons. The smallest absolute Gasteiger partial charge is 0.145 e. The van der Waals surface area contributed by atoms with E-state index in [4.69, 9.17) is 4.74 Å². The highest BCUT2D eigenvalue weighted by Gasteiger charge is 2.12. The van der Waals surface area contributed by atoms with Gasteiger partial charge in [-0.1, -0.05) is 22.0 Å². The van der Waals surface area contributed by atoms with Crippen LogP contribution in [-0.4, -0.2) is 10.5 Å². The Morgan fingerprint density at radius 2 is 2.05 bits per heavy atom. The highest BCUT2D eigenvalue weighted by molar-refractivity contribution is 9.10. The van der Waals surface area contributed by atoms with Gasteiger partial charge in [0.15, 0.2) is 0 Å². The number of aromatic nitrogens is 1. The van der Waals surface area contributed by atoms with Gasteiger partial charge in [0.1, 0.15) is 11.5 Å². The molecule has 1 aromatic carbocycles. The van der Waals surface area contributed by atoms with Gasteiger partial charge < -0.3 is 10.1 Å². The van der Waals surface area contributed by atoms with Crippen molar-refractivity contribution in [2.24, 2.45) is 0 Å². The molecule has 0 atom stereocenters. The topological polar surface area (TPSA) is 34.1 Å². The normalized spacial score (nSPS) is 11.4. The molecule has 4 heteroatoms. The van der Waals surface area contributed by atoms with Gasteiger partial charge >= 0.3 is 0 Å². The number of nitrogens with one attached hydrogen (secondary N) is 1. The molecule has 1 heterocycles. The molecule has 0 fully saturated rings. The standard InChI is InChI=1S/C16H19BrN2O/c1-16(2,3)19-10-12-6-7-13(17)9-15(12)20-14-5-4-8-18-11-14/h4-9,11,19H,10H2,1-3H3. The van der Waals surface area contributed by atoms with E-state index in [0.29, 0.717) is 0 Å². The largest absolute Gasteiger partial charge is 0.455 e. The SMILES string of the molecule is CC(C)(C)NCc1ccc(Br)cc1Oc1cccnc1. The second-order valence-electron chi connectivity index (χ2n) is 5.65. The summed E-state index contributed by atoms with van der Waals surface area (Å²) in [6, 6.07) is 9.83. The number of halogens is 1. The Morgan fingerprint density at radius 3 is 2.70 bits per heavy atom. The maximum atomic E-state index is 5.92. The van der Waals surface area contributed by atoms with Crippen LogP contribution >= 0.6 is 15.9 Å². The van der Waals surface area contributed by atoms with E-state index >= 15 is 0 Å². The second kappa shape index (κ2) is 6.37. The lowest BCUT2D eigenvalue weighted by Crippen LogP contribution is -2.35. The Hall–Kier alpha value is -1.39. The third-order valence-electron chi connectivity index (χ3n) is 2.70. The zero-order valence-corrected chi connectivity index (χ0v) is 13.6. The van der Waals surface area contributed by atoms with Gasteiger partial charge in [-0.2, -0.15) is 0 Å². The van der Waals surface area contributed by atoms with Gasteiger partial charge in [0, 0.05) is 28.3 Å². The van der Waals surface area contributed by atoms with Crippen LogP contribution < -0.4 is 10.1 Å². The predicted molar refractivity (Wildman–Crippen MR) is 85.0 cm³/mol. The zero-order chi connectivity index (χ0) is 14.6. The molecular weight excluding hydrogens is 316 g/mol. The Labute approximate surface area is 128 Å². The summed E-state index contributed by atoms with van der Waals surface area (Å²) in [6.07, 6.45) is 3.44. The van der Waals surface area contributed by atoms with Crippen molar-refractivity contribution in [1.82, 2.24) is 10.3 Å². The van der Waals surface area contributed by atoms with Crippen LogP contribution in [0.15, 0.2) is 47.2 Å². The average Bonchev–Trinajstić information content (AvgIpc) is 2.38. The van der Waals surface area contributed by atoms with Gasteiger partial charge in [-0.15, -0.1) is 0 Å². The van der Waals surface area contributed by atoms with Crippen molar-refractivity contribution in [3.8, 4) is 11.5 Å². The third-order valence-corrected chi connectivity index (χ3v) is 3.19. The van der Waals surface area contributed by atoms with Crippen molar-refractivity contribution in [2.45, 2.75) is 32.9 Å². The molecule has 2 rings (SSSR count). The van der Waals surface area contributed by atoms with Crippen LogP contribution in [0.4, 0.5) is 0 Å². The Bertz CT molecular complexity index is 564. The number of nitrogens with zero attached hydrogens (tertiary/aromatic N) is 1. The monoisotopic (exact) mass is 334 g/mol. The van der Waals surface area contributed by atoms with E-state index in [2.05, 4.69) is 53.1 Å². The Morgan fingerprint density at radius 1 is 1.25 bits per heavy atom. The van der Waals surface area contributed by atoms with Gasteiger partial charge in [-0.3, -0.25) is 4.98 Å². The van der Waals surface area contributed by atoms with Gasteiger partial charge in [-0.25, -0.2) is 0 Å². The molecule has 0 bridgehead atoms. The summed E-state index contributed by atoms with van der Waals surface area (Å²) in [6.45, 7) is 7.20. The minimum Gasteiger partial charge on any atom is -0.455 e.